The van der Waals surface area contributed by atoms with Gasteiger partial charge in [0.25, 0.3) is 0 Å². The summed E-state index contributed by atoms with van der Waals surface area (Å²) in [6.45, 7) is 11.2. The number of hydrogen-bond acceptors (Lipinski definition) is 5. The number of piperazine rings is 1. The minimum Gasteiger partial charge on any atom is -0.353 e. The fourth-order valence-corrected chi connectivity index (χ4v) is 4.73. The highest BCUT2D eigenvalue weighted by Gasteiger charge is 2.43. The van der Waals surface area contributed by atoms with E-state index in [0.717, 1.165) is 68.8 Å². The zero-order valence-electron chi connectivity index (χ0n) is 17.9. The van der Waals surface area contributed by atoms with Gasteiger partial charge in [-0.25, -0.2) is 9.97 Å². The van der Waals surface area contributed by atoms with Crippen LogP contribution in [0.4, 0.5) is 5.82 Å². The van der Waals surface area contributed by atoms with Gasteiger partial charge in [-0.15, -0.1) is 0 Å². The quantitative estimate of drug-likeness (QED) is 0.798. The number of nitrogens with zero attached hydrogens (tertiary/aromatic N) is 5. The van der Waals surface area contributed by atoms with Crippen LogP contribution in [0.25, 0.3) is 0 Å². The van der Waals surface area contributed by atoms with E-state index in [1.165, 1.54) is 12.8 Å². The molecule has 0 aromatic carbocycles. The minimum atomic E-state index is 0.0586. The monoisotopic (exact) mass is 385 g/mol. The van der Waals surface area contributed by atoms with Gasteiger partial charge in [-0.2, -0.15) is 0 Å². The van der Waals surface area contributed by atoms with Crippen LogP contribution >= 0.6 is 0 Å². The lowest BCUT2D eigenvalue weighted by atomic mass is 9.86. The molecule has 1 atom stereocenters. The van der Waals surface area contributed by atoms with E-state index in [9.17, 15) is 4.79 Å². The highest BCUT2D eigenvalue weighted by Crippen LogP contribution is 2.36. The molecule has 2 aliphatic heterocycles. The molecule has 4 rings (SSSR count). The van der Waals surface area contributed by atoms with Gasteiger partial charge in [0, 0.05) is 56.4 Å². The summed E-state index contributed by atoms with van der Waals surface area (Å²) in [5.41, 5.74) is 1.17. The number of aryl methyl sites for hydroxylation is 1. The van der Waals surface area contributed by atoms with Crippen molar-refractivity contribution in [2.45, 2.75) is 64.3 Å². The number of likely N-dealkylation sites (tertiary alicyclic amines) is 1. The minimum absolute atomic E-state index is 0.0586. The molecule has 2 saturated heterocycles. The van der Waals surface area contributed by atoms with Gasteiger partial charge < -0.3 is 9.80 Å². The number of likely N-dealkylation sites (N-methyl/N-ethyl adjacent to an activating group) is 1. The van der Waals surface area contributed by atoms with Crippen LogP contribution in [0.3, 0.4) is 0 Å². The van der Waals surface area contributed by atoms with E-state index >= 15 is 0 Å². The van der Waals surface area contributed by atoms with Crippen LogP contribution in [0.15, 0.2) is 6.07 Å². The molecule has 0 radical (unpaired) electrons. The average Bonchev–Trinajstić information content (AvgIpc) is 3.49. The molecule has 3 aliphatic rings. The molecule has 1 spiro atoms. The molecule has 0 N–H and O–H groups in total. The van der Waals surface area contributed by atoms with Crippen molar-refractivity contribution in [1.82, 2.24) is 19.8 Å². The number of hydrogen-bond donors (Lipinski definition) is 0. The molecule has 1 amide bonds. The van der Waals surface area contributed by atoms with E-state index in [2.05, 4.69) is 46.6 Å². The van der Waals surface area contributed by atoms with Crippen molar-refractivity contribution in [3.63, 3.8) is 0 Å². The first kappa shape index (κ1) is 19.6. The lowest BCUT2D eigenvalue weighted by molar-refractivity contribution is -0.130. The molecule has 6 nitrogen and oxygen atoms in total. The van der Waals surface area contributed by atoms with Gasteiger partial charge in [-0.05, 0) is 51.5 Å². The van der Waals surface area contributed by atoms with Gasteiger partial charge in [-0.1, -0.05) is 13.8 Å². The maximum atomic E-state index is 12.7. The van der Waals surface area contributed by atoms with Gasteiger partial charge in [0.1, 0.15) is 11.6 Å². The van der Waals surface area contributed by atoms with Gasteiger partial charge >= 0.3 is 0 Å². The molecule has 3 fully saturated rings. The van der Waals surface area contributed by atoms with Gasteiger partial charge in [0.15, 0.2) is 0 Å². The summed E-state index contributed by atoms with van der Waals surface area (Å²) in [6, 6.07) is 2.16. The number of amides is 1. The van der Waals surface area contributed by atoms with Crippen molar-refractivity contribution in [3.8, 4) is 0 Å². The third-order valence-corrected chi connectivity index (χ3v) is 6.94. The van der Waals surface area contributed by atoms with Crippen LogP contribution in [-0.2, 0) is 4.79 Å². The molecular formula is C22H35N5O. The van der Waals surface area contributed by atoms with Crippen LogP contribution in [0.2, 0.25) is 0 Å². The van der Waals surface area contributed by atoms with Gasteiger partial charge in [0.05, 0.1) is 0 Å². The van der Waals surface area contributed by atoms with Crippen molar-refractivity contribution in [3.05, 3.63) is 17.6 Å². The summed E-state index contributed by atoms with van der Waals surface area (Å²) < 4.78 is 0. The van der Waals surface area contributed by atoms with Crippen molar-refractivity contribution < 1.29 is 4.79 Å². The summed E-state index contributed by atoms with van der Waals surface area (Å²) in [4.78, 5) is 29.2. The Bertz CT molecular complexity index is 732. The molecule has 0 unspecified atom stereocenters. The van der Waals surface area contributed by atoms with Gasteiger partial charge in [-0.3, -0.25) is 9.69 Å². The molecular weight excluding hydrogens is 350 g/mol. The predicted molar refractivity (Wildman–Crippen MR) is 112 cm³/mol. The van der Waals surface area contributed by atoms with E-state index in [0.29, 0.717) is 18.2 Å². The van der Waals surface area contributed by atoms with Crippen LogP contribution in [0, 0.1) is 12.8 Å². The Balaban J connectivity index is 1.54. The van der Waals surface area contributed by atoms with Crippen LogP contribution in [0.1, 0.15) is 63.4 Å². The average molecular weight is 386 g/mol. The van der Waals surface area contributed by atoms with Crippen molar-refractivity contribution in [2.24, 2.45) is 5.92 Å². The molecule has 1 saturated carbocycles. The largest absolute Gasteiger partial charge is 0.353 e. The molecule has 0 bridgehead atoms. The third kappa shape index (κ3) is 4.02. The van der Waals surface area contributed by atoms with Crippen LogP contribution in [0.5, 0.6) is 0 Å². The first-order chi connectivity index (χ1) is 13.4. The number of rotatable bonds is 4. The number of aromatic nitrogens is 2. The first-order valence-electron chi connectivity index (χ1n) is 11.0. The molecule has 154 valence electrons. The zero-order valence-corrected chi connectivity index (χ0v) is 17.9. The normalized spacial score (nSPS) is 27.0. The fourth-order valence-electron chi connectivity index (χ4n) is 4.73. The Labute approximate surface area is 169 Å². The summed E-state index contributed by atoms with van der Waals surface area (Å²) in [5, 5.41) is 0. The van der Waals surface area contributed by atoms with E-state index in [4.69, 9.17) is 4.98 Å². The van der Waals surface area contributed by atoms with Crippen molar-refractivity contribution in [1.29, 1.82) is 0 Å². The molecule has 6 heteroatoms. The highest BCUT2D eigenvalue weighted by atomic mass is 16.2. The molecule has 3 heterocycles. The van der Waals surface area contributed by atoms with Crippen molar-refractivity contribution >= 4 is 11.7 Å². The number of carbonyl (C=O) groups excluding carboxylic acids is 1. The molecule has 1 aromatic heterocycles. The fraction of sp³-hybridized carbons (Fsp3) is 0.773. The number of anilines is 1. The smallest absolute Gasteiger partial charge is 0.222 e. The van der Waals surface area contributed by atoms with Crippen molar-refractivity contribution in [2.75, 3.05) is 44.7 Å². The van der Waals surface area contributed by atoms with Gasteiger partial charge in [0.2, 0.25) is 5.91 Å². The van der Waals surface area contributed by atoms with E-state index in [1.807, 2.05) is 6.92 Å². The number of carbonyl (C=O) groups is 1. The van der Waals surface area contributed by atoms with E-state index in [-0.39, 0.29) is 5.54 Å². The third-order valence-electron chi connectivity index (χ3n) is 6.94. The standard InChI is InChI=1S/C22H35N5O/c1-16(2)19-13-20(24-17(3)23-19)27-12-11-25(4)22(15-27)8-7-21(28)26(10-9-22)14-18-5-6-18/h13,16,18H,5-12,14-15H2,1-4H3/t22-/m0/s1. The first-order valence-corrected chi connectivity index (χ1v) is 11.0. The van der Waals surface area contributed by atoms with Crippen LogP contribution in [-0.4, -0.2) is 71.0 Å². The SMILES string of the molecule is Cc1nc(C(C)C)cc(N2CCN(C)[C@]3(CCC(=O)N(CC4CC4)CC3)C2)n1. The second kappa shape index (κ2) is 7.62. The Morgan fingerprint density at radius 1 is 1.18 bits per heavy atom. The summed E-state index contributed by atoms with van der Waals surface area (Å²) in [5.74, 6) is 3.41. The van der Waals surface area contributed by atoms with E-state index in [1.54, 1.807) is 0 Å². The Morgan fingerprint density at radius 2 is 1.96 bits per heavy atom. The van der Waals surface area contributed by atoms with Crippen LogP contribution < -0.4 is 4.90 Å². The summed E-state index contributed by atoms with van der Waals surface area (Å²) >= 11 is 0. The second-order valence-corrected chi connectivity index (χ2v) is 9.45. The summed E-state index contributed by atoms with van der Waals surface area (Å²) in [6.07, 6.45) is 5.27. The maximum Gasteiger partial charge on any atom is 0.222 e. The Hall–Kier alpha value is -1.69. The Kier molecular flexibility index (Phi) is 5.34. The topological polar surface area (TPSA) is 52.6 Å². The Morgan fingerprint density at radius 3 is 2.68 bits per heavy atom. The second-order valence-electron chi connectivity index (χ2n) is 9.45. The van der Waals surface area contributed by atoms with E-state index < -0.39 is 0 Å². The maximum absolute atomic E-state index is 12.7. The highest BCUT2D eigenvalue weighted by molar-refractivity contribution is 5.76. The zero-order chi connectivity index (χ0) is 19.9. The lowest BCUT2D eigenvalue weighted by Crippen LogP contribution is -2.61. The summed E-state index contributed by atoms with van der Waals surface area (Å²) in [7, 11) is 2.24. The lowest BCUT2D eigenvalue weighted by Gasteiger charge is -2.49. The molecule has 1 aliphatic carbocycles. The molecule has 1 aromatic rings. The molecule has 28 heavy (non-hydrogen) atoms. The predicted octanol–water partition coefficient (Wildman–Crippen LogP) is 2.82.